The van der Waals surface area contributed by atoms with E-state index in [1.807, 2.05) is 0 Å². The Hall–Kier alpha value is -0.590. The molecule has 0 aromatic heterocycles. The second-order valence-electron chi connectivity index (χ2n) is 3.08. The third kappa shape index (κ3) is 7.52. The van der Waals surface area contributed by atoms with Crippen LogP contribution in [0.4, 0.5) is 0 Å². The minimum Gasteiger partial charge on any atom is -0.396 e. The van der Waals surface area contributed by atoms with Gasteiger partial charge in [-0.1, -0.05) is 6.92 Å². The zero-order valence-corrected chi connectivity index (χ0v) is 7.71. The van der Waals surface area contributed by atoms with E-state index in [9.17, 15) is 0 Å². The number of aliphatic hydroxyl groups is 1. The van der Waals surface area contributed by atoms with Gasteiger partial charge in [0.1, 0.15) is 0 Å². The summed E-state index contributed by atoms with van der Waals surface area (Å²) in [4.78, 5) is 0. The second kappa shape index (κ2) is 8.51. The summed E-state index contributed by atoms with van der Waals surface area (Å²) in [7, 11) is 0. The Labute approximate surface area is 74.4 Å². The van der Waals surface area contributed by atoms with E-state index in [4.69, 9.17) is 10.4 Å². The fraction of sp³-hybridized carbons (Fsp3) is 0.889. The topological polar surface area (TPSA) is 56.0 Å². The lowest BCUT2D eigenvalue weighted by Crippen LogP contribution is -2.22. The highest BCUT2D eigenvalue weighted by atomic mass is 16.3. The minimum atomic E-state index is 0.265. The highest BCUT2D eigenvalue weighted by Gasteiger charge is 1.98. The first-order valence-corrected chi connectivity index (χ1v) is 4.49. The molecule has 0 aliphatic rings. The lowest BCUT2D eigenvalue weighted by Gasteiger charge is -2.09. The summed E-state index contributed by atoms with van der Waals surface area (Å²) in [6, 6.07) is 2.10. The molecule has 0 spiro atoms. The molecule has 0 aromatic rings. The average molecular weight is 170 g/mol. The molecule has 0 saturated carbocycles. The molecule has 12 heavy (non-hydrogen) atoms. The Bertz CT molecular complexity index is 131. The number of hydrogen-bond acceptors (Lipinski definition) is 3. The van der Waals surface area contributed by atoms with E-state index in [2.05, 4.69) is 18.3 Å². The molecule has 1 atom stereocenters. The van der Waals surface area contributed by atoms with E-state index in [0.29, 0.717) is 12.3 Å². The normalized spacial score (nSPS) is 12.4. The number of hydrogen-bond donors (Lipinski definition) is 2. The zero-order valence-electron chi connectivity index (χ0n) is 7.71. The predicted molar refractivity (Wildman–Crippen MR) is 48.6 cm³/mol. The molecule has 0 amide bonds. The monoisotopic (exact) mass is 170 g/mol. The predicted octanol–water partition coefficient (Wildman–Crippen LogP) is 0.898. The van der Waals surface area contributed by atoms with E-state index in [1.165, 1.54) is 0 Å². The molecule has 0 saturated heterocycles. The first-order chi connectivity index (χ1) is 5.81. The molecule has 3 nitrogen and oxygen atoms in total. The molecule has 3 heteroatoms. The number of rotatable bonds is 7. The Morgan fingerprint density at radius 1 is 1.58 bits per heavy atom. The van der Waals surface area contributed by atoms with Crippen molar-refractivity contribution in [2.75, 3.05) is 19.7 Å². The van der Waals surface area contributed by atoms with Crippen LogP contribution in [0, 0.1) is 17.2 Å². The highest BCUT2D eigenvalue weighted by Crippen LogP contribution is 1.97. The van der Waals surface area contributed by atoms with Crippen LogP contribution < -0.4 is 5.32 Å². The number of nitrogens with one attached hydrogen (secondary N) is 1. The van der Waals surface area contributed by atoms with Crippen molar-refractivity contribution in [3.63, 3.8) is 0 Å². The van der Waals surface area contributed by atoms with E-state index < -0.39 is 0 Å². The summed E-state index contributed by atoms with van der Waals surface area (Å²) in [6.07, 6.45) is 2.40. The SMILES string of the molecule is CC(CCO)CNCCCC#N. The van der Waals surface area contributed by atoms with Gasteiger partial charge in [-0.05, 0) is 31.8 Å². The van der Waals surface area contributed by atoms with Crippen molar-refractivity contribution in [3.8, 4) is 6.07 Å². The fourth-order valence-corrected chi connectivity index (χ4v) is 0.963. The van der Waals surface area contributed by atoms with Crippen LogP contribution in [0.3, 0.4) is 0 Å². The quantitative estimate of drug-likeness (QED) is 0.558. The van der Waals surface area contributed by atoms with Crippen molar-refractivity contribution >= 4 is 0 Å². The number of nitriles is 1. The summed E-state index contributed by atoms with van der Waals surface area (Å²) < 4.78 is 0. The van der Waals surface area contributed by atoms with Crippen LogP contribution in [0.5, 0.6) is 0 Å². The van der Waals surface area contributed by atoms with Crippen LogP contribution in [-0.2, 0) is 0 Å². The third-order valence-electron chi connectivity index (χ3n) is 1.76. The average Bonchev–Trinajstić information content (AvgIpc) is 2.05. The van der Waals surface area contributed by atoms with Crippen molar-refractivity contribution in [1.82, 2.24) is 5.32 Å². The lowest BCUT2D eigenvalue weighted by atomic mass is 10.1. The van der Waals surface area contributed by atoms with Gasteiger partial charge in [0.25, 0.3) is 0 Å². The van der Waals surface area contributed by atoms with Gasteiger partial charge in [-0.2, -0.15) is 5.26 Å². The van der Waals surface area contributed by atoms with Gasteiger partial charge in [-0.3, -0.25) is 0 Å². The van der Waals surface area contributed by atoms with Crippen LogP contribution in [0.15, 0.2) is 0 Å². The molecule has 0 heterocycles. The van der Waals surface area contributed by atoms with Crippen LogP contribution in [0.25, 0.3) is 0 Å². The third-order valence-corrected chi connectivity index (χ3v) is 1.76. The molecule has 0 bridgehead atoms. The molecule has 0 aliphatic heterocycles. The van der Waals surface area contributed by atoms with Gasteiger partial charge in [0.2, 0.25) is 0 Å². The van der Waals surface area contributed by atoms with E-state index >= 15 is 0 Å². The maximum Gasteiger partial charge on any atom is 0.0622 e. The molecular weight excluding hydrogens is 152 g/mol. The van der Waals surface area contributed by atoms with Gasteiger partial charge in [-0.15, -0.1) is 0 Å². The van der Waals surface area contributed by atoms with Crippen molar-refractivity contribution in [2.45, 2.75) is 26.2 Å². The molecule has 0 aliphatic carbocycles. The number of aliphatic hydroxyl groups excluding tert-OH is 1. The van der Waals surface area contributed by atoms with Gasteiger partial charge < -0.3 is 10.4 Å². The Kier molecular flexibility index (Phi) is 8.09. The summed E-state index contributed by atoms with van der Waals surface area (Å²) >= 11 is 0. The molecule has 0 rings (SSSR count). The van der Waals surface area contributed by atoms with Gasteiger partial charge in [0.15, 0.2) is 0 Å². The van der Waals surface area contributed by atoms with Crippen molar-refractivity contribution in [2.24, 2.45) is 5.92 Å². The van der Waals surface area contributed by atoms with Crippen LogP contribution in [0.2, 0.25) is 0 Å². The largest absolute Gasteiger partial charge is 0.396 e. The molecule has 0 aromatic carbocycles. The molecule has 2 N–H and O–H groups in total. The van der Waals surface area contributed by atoms with Gasteiger partial charge in [-0.25, -0.2) is 0 Å². The standard InChI is InChI=1S/C9H18N2O/c1-9(4-7-12)8-11-6-3-2-5-10/h9,11-12H,2-4,6-8H2,1H3. The van der Waals surface area contributed by atoms with Crippen molar-refractivity contribution in [1.29, 1.82) is 5.26 Å². The van der Waals surface area contributed by atoms with Crippen molar-refractivity contribution in [3.05, 3.63) is 0 Å². The molecule has 1 unspecified atom stereocenters. The highest BCUT2D eigenvalue weighted by molar-refractivity contribution is 4.69. The summed E-state index contributed by atoms with van der Waals surface area (Å²) in [5, 5.41) is 20.1. The minimum absolute atomic E-state index is 0.265. The Morgan fingerprint density at radius 3 is 2.92 bits per heavy atom. The lowest BCUT2D eigenvalue weighted by molar-refractivity contribution is 0.260. The van der Waals surface area contributed by atoms with E-state index in [-0.39, 0.29) is 6.61 Å². The Balaban J connectivity index is 3.04. The number of nitrogens with zero attached hydrogens (tertiary/aromatic N) is 1. The summed E-state index contributed by atoms with van der Waals surface area (Å²) in [6.45, 7) is 4.21. The van der Waals surface area contributed by atoms with Crippen LogP contribution >= 0.6 is 0 Å². The van der Waals surface area contributed by atoms with Gasteiger partial charge >= 0.3 is 0 Å². The van der Waals surface area contributed by atoms with Crippen LogP contribution in [-0.4, -0.2) is 24.8 Å². The molecule has 0 fully saturated rings. The van der Waals surface area contributed by atoms with Gasteiger partial charge in [0, 0.05) is 13.0 Å². The number of unbranched alkanes of at least 4 members (excludes halogenated alkanes) is 1. The first kappa shape index (κ1) is 11.4. The van der Waals surface area contributed by atoms with Crippen molar-refractivity contribution < 1.29 is 5.11 Å². The molecular formula is C9H18N2O. The van der Waals surface area contributed by atoms with Gasteiger partial charge in [0.05, 0.1) is 6.07 Å². The maximum atomic E-state index is 8.61. The first-order valence-electron chi connectivity index (χ1n) is 4.49. The zero-order chi connectivity index (χ0) is 9.23. The summed E-state index contributed by atoms with van der Waals surface area (Å²) in [5.74, 6) is 0.525. The van der Waals surface area contributed by atoms with E-state index in [0.717, 1.165) is 25.9 Å². The fourth-order valence-electron chi connectivity index (χ4n) is 0.963. The summed E-state index contributed by atoms with van der Waals surface area (Å²) in [5.41, 5.74) is 0. The van der Waals surface area contributed by atoms with E-state index in [1.54, 1.807) is 0 Å². The molecule has 0 radical (unpaired) electrons. The molecule has 70 valence electrons. The maximum absolute atomic E-state index is 8.61. The van der Waals surface area contributed by atoms with Crippen LogP contribution in [0.1, 0.15) is 26.2 Å². The second-order valence-corrected chi connectivity index (χ2v) is 3.08. The Morgan fingerprint density at radius 2 is 2.33 bits per heavy atom. The smallest absolute Gasteiger partial charge is 0.0622 e.